The summed E-state index contributed by atoms with van der Waals surface area (Å²) in [5.74, 6) is 1.78. The molecule has 0 spiro atoms. The summed E-state index contributed by atoms with van der Waals surface area (Å²) < 4.78 is 19.1. The number of benzene rings is 2. The Morgan fingerprint density at radius 1 is 1.08 bits per heavy atom. The highest BCUT2D eigenvalue weighted by Gasteiger charge is 2.27. The van der Waals surface area contributed by atoms with Crippen molar-refractivity contribution < 1.29 is 19.0 Å². The van der Waals surface area contributed by atoms with Crippen LogP contribution in [0.15, 0.2) is 48.5 Å². The van der Waals surface area contributed by atoms with Crippen molar-refractivity contribution in [2.75, 3.05) is 33.8 Å². The molecule has 1 atom stereocenters. The largest absolute Gasteiger partial charge is 0.496 e. The summed E-state index contributed by atoms with van der Waals surface area (Å²) in [6, 6.07) is 14.6. The number of amides is 1. The van der Waals surface area contributed by atoms with Gasteiger partial charge >= 0.3 is 6.09 Å². The Hall–Kier alpha value is -2.60. The SMILES string of the molecule is CC1CCCCC1.COc1ccc(F)cc1C1CCN(C[C@@H](Cc2ccccc2)N(C)C(=O)O)CC1. The predicted molar refractivity (Wildman–Crippen MR) is 143 cm³/mol. The first-order chi connectivity index (χ1) is 17.4. The van der Waals surface area contributed by atoms with E-state index in [1.54, 1.807) is 26.3 Å². The van der Waals surface area contributed by atoms with Crippen molar-refractivity contribution in [2.45, 2.75) is 70.3 Å². The number of carbonyl (C=O) groups is 1. The minimum Gasteiger partial charge on any atom is -0.496 e. The van der Waals surface area contributed by atoms with Gasteiger partial charge in [0.05, 0.1) is 13.2 Å². The van der Waals surface area contributed by atoms with Crippen molar-refractivity contribution in [3.8, 4) is 5.75 Å². The van der Waals surface area contributed by atoms with E-state index in [4.69, 9.17) is 4.74 Å². The van der Waals surface area contributed by atoms with Crippen molar-refractivity contribution in [2.24, 2.45) is 5.92 Å². The summed E-state index contributed by atoms with van der Waals surface area (Å²) in [5, 5.41) is 9.49. The summed E-state index contributed by atoms with van der Waals surface area (Å²) >= 11 is 0. The quantitative estimate of drug-likeness (QED) is 0.455. The number of nitrogens with zero attached hydrogens (tertiary/aromatic N) is 2. The van der Waals surface area contributed by atoms with Gasteiger partial charge in [-0.25, -0.2) is 9.18 Å². The second-order valence-corrected chi connectivity index (χ2v) is 10.4. The molecule has 1 aliphatic carbocycles. The van der Waals surface area contributed by atoms with Crippen molar-refractivity contribution in [1.29, 1.82) is 0 Å². The van der Waals surface area contributed by atoms with E-state index in [1.807, 2.05) is 30.3 Å². The van der Waals surface area contributed by atoms with Crippen LogP contribution in [-0.4, -0.2) is 60.8 Å². The number of hydrogen-bond acceptors (Lipinski definition) is 3. The lowest BCUT2D eigenvalue weighted by Crippen LogP contribution is -2.47. The highest BCUT2D eigenvalue weighted by molar-refractivity contribution is 5.65. The first-order valence-corrected chi connectivity index (χ1v) is 13.4. The molecule has 2 fully saturated rings. The first kappa shape index (κ1) is 28.0. The van der Waals surface area contributed by atoms with Gasteiger partial charge < -0.3 is 19.6 Å². The molecule has 5 nitrogen and oxygen atoms in total. The molecule has 1 amide bonds. The van der Waals surface area contributed by atoms with Crippen LogP contribution in [0.4, 0.5) is 9.18 Å². The molecule has 2 aromatic carbocycles. The third-order valence-electron chi connectivity index (χ3n) is 7.75. The molecule has 6 heteroatoms. The zero-order valence-corrected chi connectivity index (χ0v) is 22.2. The monoisotopic (exact) mass is 498 g/mol. The molecular formula is C30H43FN2O3. The zero-order valence-electron chi connectivity index (χ0n) is 22.2. The van der Waals surface area contributed by atoms with Gasteiger partial charge in [0.15, 0.2) is 0 Å². The van der Waals surface area contributed by atoms with E-state index >= 15 is 0 Å². The number of ether oxygens (including phenoxy) is 1. The average molecular weight is 499 g/mol. The molecule has 0 radical (unpaired) electrons. The third-order valence-corrected chi connectivity index (χ3v) is 7.75. The number of carboxylic acid groups (broad SMARTS) is 1. The van der Waals surface area contributed by atoms with Crippen molar-refractivity contribution in [1.82, 2.24) is 9.80 Å². The van der Waals surface area contributed by atoms with Crippen LogP contribution in [0.25, 0.3) is 0 Å². The molecule has 0 bridgehead atoms. The van der Waals surface area contributed by atoms with Crippen LogP contribution in [-0.2, 0) is 6.42 Å². The lowest BCUT2D eigenvalue weighted by atomic mass is 9.88. The highest BCUT2D eigenvalue weighted by Crippen LogP contribution is 2.35. The van der Waals surface area contributed by atoms with Gasteiger partial charge in [-0.3, -0.25) is 0 Å². The van der Waals surface area contributed by atoms with Crippen LogP contribution in [0.5, 0.6) is 5.75 Å². The maximum atomic E-state index is 13.7. The van der Waals surface area contributed by atoms with Crippen LogP contribution in [0.1, 0.15) is 68.9 Å². The van der Waals surface area contributed by atoms with E-state index in [0.29, 0.717) is 13.0 Å². The number of likely N-dealkylation sites (tertiary alicyclic amines) is 1. The Labute approximate surface area is 216 Å². The van der Waals surface area contributed by atoms with Gasteiger partial charge in [-0.15, -0.1) is 0 Å². The standard InChI is InChI=1S/C23H29FN2O3.C7H14/c1-25(23(27)28)20(14-17-6-4-3-5-7-17)16-26-12-10-18(11-13-26)21-15-19(24)8-9-22(21)29-2;1-7-5-3-2-4-6-7/h3-9,15,18,20H,10-14,16H2,1-2H3,(H,27,28);7H,2-6H2,1H3/t20-;/m1./s1. The summed E-state index contributed by atoms with van der Waals surface area (Å²) in [4.78, 5) is 15.3. The molecule has 36 heavy (non-hydrogen) atoms. The van der Waals surface area contributed by atoms with E-state index < -0.39 is 6.09 Å². The van der Waals surface area contributed by atoms with E-state index in [1.165, 1.54) is 43.1 Å². The number of hydrogen-bond donors (Lipinski definition) is 1. The van der Waals surface area contributed by atoms with E-state index in [0.717, 1.165) is 48.7 Å². The molecule has 1 aliphatic heterocycles. The normalized spacial score (nSPS) is 18.1. The summed E-state index contributed by atoms with van der Waals surface area (Å²) in [5.41, 5.74) is 2.06. The van der Waals surface area contributed by atoms with E-state index in [9.17, 15) is 14.3 Å². The second-order valence-electron chi connectivity index (χ2n) is 10.4. The molecule has 2 aromatic rings. The highest BCUT2D eigenvalue weighted by atomic mass is 19.1. The van der Waals surface area contributed by atoms with Crippen LogP contribution in [0.2, 0.25) is 0 Å². The van der Waals surface area contributed by atoms with Crippen LogP contribution in [0.3, 0.4) is 0 Å². The van der Waals surface area contributed by atoms with Gasteiger partial charge in [0.25, 0.3) is 0 Å². The van der Waals surface area contributed by atoms with Gasteiger partial charge in [-0.2, -0.15) is 0 Å². The molecule has 1 saturated heterocycles. The summed E-state index contributed by atoms with van der Waals surface area (Å²) in [6.45, 7) is 4.75. The van der Waals surface area contributed by atoms with Gasteiger partial charge in [0, 0.05) is 19.2 Å². The molecule has 0 aromatic heterocycles. The Morgan fingerprint density at radius 2 is 1.75 bits per heavy atom. The van der Waals surface area contributed by atoms with Crippen molar-refractivity contribution in [3.05, 3.63) is 65.5 Å². The fraction of sp³-hybridized carbons (Fsp3) is 0.567. The first-order valence-electron chi connectivity index (χ1n) is 13.4. The molecule has 1 saturated carbocycles. The summed E-state index contributed by atoms with van der Waals surface area (Å²) in [7, 11) is 3.25. The lowest BCUT2D eigenvalue weighted by molar-refractivity contribution is 0.112. The van der Waals surface area contributed by atoms with Crippen molar-refractivity contribution >= 4 is 6.09 Å². The second kappa shape index (κ2) is 14.2. The molecule has 198 valence electrons. The molecular weight excluding hydrogens is 455 g/mol. The molecule has 1 heterocycles. The maximum absolute atomic E-state index is 13.7. The third kappa shape index (κ3) is 8.51. The van der Waals surface area contributed by atoms with Crippen LogP contribution < -0.4 is 4.74 Å². The van der Waals surface area contributed by atoms with Crippen LogP contribution in [0, 0.1) is 11.7 Å². The van der Waals surface area contributed by atoms with Crippen molar-refractivity contribution in [3.63, 3.8) is 0 Å². The lowest BCUT2D eigenvalue weighted by Gasteiger charge is -2.37. The van der Waals surface area contributed by atoms with Gasteiger partial charge in [-0.05, 0) is 68.0 Å². The molecule has 1 N–H and O–H groups in total. The number of piperidine rings is 1. The zero-order chi connectivity index (χ0) is 25.9. The van der Waals surface area contributed by atoms with E-state index in [2.05, 4.69) is 11.8 Å². The predicted octanol–water partition coefficient (Wildman–Crippen LogP) is 6.82. The van der Waals surface area contributed by atoms with Gasteiger partial charge in [0.2, 0.25) is 0 Å². The Kier molecular flexibility index (Phi) is 11.1. The van der Waals surface area contributed by atoms with Gasteiger partial charge in [0.1, 0.15) is 11.6 Å². The minimum absolute atomic E-state index is 0.116. The fourth-order valence-electron chi connectivity index (χ4n) is 5.42. The van der Waals surface area contributed by atoms with E-state index in [-0.39, 0.29) is 17.8 Å². The minimum atomic E-state index is -0.912. The number of rotatable bonds is 7. The maximum Gasteiger partial charge on any atom is 0.407 e. The number of halogens is 1. The van der Waals surface area contributed by atoms with Gasteiger partial charge in [-0.1, -0.05) is 69.4 Å². The summed E-state index contributed by atoms with van der Waals surface area (Å²) in [6.07, 6.45) is 9.00. The Balaban J connectivity index is 0.000000444. The molecule has 4 rings (SSSR count). The van der Waals surface area contributed by atoms with Crippen LogP contribution >= 0.6 is 0 Å². The number of methoxy groups -OCH3 is 1. The molecule has 2 aliphatic rings. The Bertz CT molecular complexity index is 925. The fourth-order valence-corrected chi connectivity index (χ4v) is 5.42. The Morgan fingerprint density at radius 3 is 2.31 bits per heavy atom. The average Bonchev–Trinajstić information content (AvgIpc) is 2.89. The molecule has 0 unspecified atom stereocenters. The number of likely N-dealkylation sites (N-methyl/N-ethyl adjacent to an activating group) is 1. The topological polar surface area (TPSA) is 53.0 Å². The smallest absolute Gasteiger partial charge is 0.407 e.